The van der Waals surface area contributed by atoms with Crippen LogP contribution in [0.15, 0.2) is 48.5 Å². The molecular weight excluding hydrogens is 807 g/mol. The lowest BCUT2D eigenvalue weighted by Crippen LogP contribution is -2.39. The first-order valence-electron chi connectivity index (χ1n) is 20.3. The number of rotatable bonds is 16. The number of anilines is 6. The summed E-state index contributed by atoms with van der Waals surface area (Å²) in [5.41, 5.74) is 16.6. The minimum absolute atomic E-state index is 0. The number of hydrogen-bond donors (Lipinski definition) is 5. The normalized spacial score (nSPS) is 14.4. The Hall–Kier alpha value is -6.56. The van der Waals surface area contributed by atoms with E-state index in [0.29, 0.717) is 67.7 Å². The predicted molar refractivity (Wildman–Crippen MR) is 247 cm³/mol. The van der Waals surface area contributed by atoms with Crippen molar-refractivity contribution in [3.8, 4) is 12.0 Å². The Labute approximate surface area is 370 Å². The first-order valence-corrected chi connectivity index (χ1v) is 20.3. The van der Waals surface area contributed by atoms with Gasteiger partial charge in [-0.2, -0.15) is 19.9 Å². The second-order valence-electron chi connectivity index (χ2n) is 15.0. The number of aromatic nitrogens is 4. The number of carbonyl (C=O) groups is 4. The van der Waals surface area contributed by atoms with Gasteiger partial charge in [-0.3, -0.25) is 24.1 Å². The van der Waals surface area contributed by atoms with E-state index in [4.69, 9.17) is 20.9 Å². The van der Waals surface area contributed by atoms with Crippen molar-refractivity contribution < 1.29 is 33.8 Å². The van der Waals surface area contributed by atoms with E-state index in [1.165, 1.54) is 0 Å². The molecule has 0 aliphatic carbocycles. The van der Waals surface area contributed by atoms with Gasteiger partial charge in [-0.1, -0.05) is 91.4 Å². The Morgan fingerprint density at radius 3 is 1.67 bits per heavy atom. The number of unbranched alkanes of at least 4 members (excludes halogenated alkanes) is 2. The van der Waals surface area contributed by atoms with E-state index < -0.39 is 5.97 Å². The molecule has 2 aromatic heterocycles. The molecule has 2 aromatic carbocycles. The van der Waals surface area contributed by atoms with E-state index in [2.05, 4.69) is 61.4 Å². The molecule has 1 saturated heterocycles. The lowest BCUT2D eigenvalue weighted by Gasteiger charge is -2.31. The molecule has 63 heavy (non-hydrogen) atoms. The number of carbonyl (C=O) groups excluding carboxylic acids is 3. The predicted octanol–water partition coefficient (Wildman–Crippen LogP) is 6.41. The van der Waals surface area contributed by atoms with Crippen molar-refractivity contribution in [3.05, 3.63) is 70.8 Å². The van der Waals surface area contributed by atoms with Gasteiger partial charge in [0.05, 0.1) is 32.2 Å². The van der Waals surface area contributed by atoms with Crippen LogP contribution in [0.2, 0.25) is 0 Å². The molecule has 0 atom stereocenters. The fourth-order valence-corrected chi connectivity index (χ4v) is 7.08. The van der Waals surface area contributed by atoms with Crippen LogP contribution in [0, 0.1) is 5.92 Å². The molecule has 1 fully saturated rings. The molecule has 7 rings (SSSR count). The highest BCUT2D eigenvalue weighted by Crippen LogP contribution is 2.36. The third-order valence-electron chi connectivity index (χ3n) is 10.2. The Morgan fingerprint density at radius 1 is 0.746 bits per heavy atom. The summed E-state index contributed by atoms with van der Waals surface area (Å²) < 4.78 is 11.2. The number of nitrogens with two attached hydrogens (primary N) is 2. The number of benzene rings is 2. The number of fused-ring (bicyclic) bond motifs is 2. The van der Waals surface area contributed by atoms with E-state index in [9.17, 15) is 24.3 Å². The van der Waals surface area contributed by atoms with Crippen LogP contribution in [0.4, 0.5) is 34.6 Å². The van der Waals surface area contributed by atoms with Crippen LogP contribution >= 0.6 is 0 Å². The maximum absolute atomic E-state index is 12.3. The number of nitrogens with zero attached hydrogens (tertiary/aromatic N) is 7. The standard InChI is InChI=1S/C24H32N6O4.C18H21N5O3.3CH4/c1-2-3-11-34-24-27-21(25)20-22(28-24)30(15-19(31)26-20)14-17-6-4-5-16(12-17)13-29-9-7-18(8-10-29)23(32)33;1-2-3-7-26-18-21-16(19)15-17(22-18)23(10-14(25)20-15)9-12-5-4-6-13(8-12)11-24;;;/h4-6,12,18H,2-3,7-11,13-15H2,1H3,(H,26,31)(H,32,33)(H2,25,27,28);4-6,8,11H,2-3,7,9-10H2,1H3,(H,20,25)(H2,19,21,22);3*1H4. The van der Waals surface area contributed by atoms with Crippen LogP contribution < -0.4 is 41.4 Å². The number of carboxylic acids is 1. The molecule has 0 radical (unpaired) electrons. The van der Waals surface area contributed by atoms with Crippen molar-refractivity contribution in [1.29, 1.82) is 0 Å². The first kappa shape index (κ1) is 50.8. The second kappa shape index (κ2) is 24.2. The highest BCUT2D eigenvalue weighted by molar-refractivity contribution is 6.04. The van der Waals surface area contributed by atoms with Crippen LogP contribution in [-0.4, -0.2) is 93.4 Å². The van der Waals surface area contributed by atoms with E-state index in [0.717, 1.165) is 68.3 Å². The number of carboxylic acid groups (broad SMARTS) is 1. The van der Waals surface area contributed by atoms with Crippen molar-refractivity contribution in [2.75, 3.05) is 71.3 Å². The van der Waals surface area contributed by atoms with Crippen molar-refractivity contribution in [2.24, 2.45) is 5.92 Å². The summed E-state index contributed by atoms with van der Waals surface area (Å²) in [6.45, 7) is 8.65. The van der Waals surface area contributed by atoms with Crippen LogP contribution in [0.1, 0.15) is 102 Å². The number of likely N-dealkylation sites (tertiary alicyclic amines) is 1. The SMILES string of the molecule is C.C.C.CCCCOc1nc(N)c2c(n1)N(Cc1cccc(C=O)c1)CC(=O)N2.CCCCOc1nc(N)c2c(n1)N(Cc1cccc(CN3CCC(C(=O)O)CC3)c1)CC(=O)N2. The lowest BCUT2D eigenvalue weighted by molar-refractivity contribution is -0.143. The summed E-state index contributed by atoms with van der Waals surface area (Å²) in [4.78, 5) is 69.8. The Balaban J connectivity index is 0.000000330. The van der Waals surface area contributed by atoms with Crippen LogP contribution in [0.25, 0.3) is 0 Å². The third-order valence-corrected chi connectivity index (χ3v) is 10.2. The highest BCUT2D eigenvalue weighted by Gasteiger charge is 2.29. The molecule has 18 nitrogen and oxygen atoms in total. The van der Waals surface area contributed by atoms with Gasteiger partial charge in [-0.05, 0) is 61.5 Å². The summed E-state index contributed by atoms with van der Waals surface area (Å²) >= 11 is 0. The fraction of sp³-hybridized carbons (Fsp3) is 0.467. The van der Waals surface area contributed by atoms with E-state index in [1.807, 2.05) is 23.1 Å². The van der Waals surface area contributed by atoms with Gasteiger partial charge in [0.25, 0.3) is 0 Å². The van der Waals surface area contributed by atoms with Gasteiger partial charge in [0.2, 0.25) is 11.8 Å². The Morgan fingerprint density at radius 2 is 1.21 bits per heavy atom. The summed E-state index contributed by atoms with van der Waals surface area (Å²) in [5.74, 6) is 0.127. The number of piperidine rings is 1. The number of nitrogens with one attached hydrogen (secondary N) is 2. The lowest BCUT2D eigenvalue weighted by atomic mass is 9.96. The summed E-state index contributed by atoms with van der Waals surface area (Å²) in [6.07, 6.45) is 5.92. The van der Waals surface area contributed by atoms with Gasteiger partial charge < -0.3 is 46.5 Å². The zero-order chi connectivity index (χ0) is 42.6. The average molecular weight is 872 g/mol. The van der Waals surface area contributed by atoms with E-state index in [-0.39, 0.29) is 76.8 Å². The minimum atomic E-state index is -0.698. The monoisotopic (exact) mass is 872 g/mol. The molecule has 0 unspecified atom stereocenters. The number of aliphatic carboxylic acids is 1. The molecule has 2 amide bonds. The summed E-state index contributed by atoms with van der Waals surface area (Å²) in [5, 5.41) is 14.7. The van der Waals surface area contributed by atoms with Gasteiger partial charge >= 0.3 is 18.0 Å². The number of hydrogen-bond acceptors (Lipinski definition) is 15. The van der Waals surface area contributed by atoms with Crippen molar-refractivity contribution in [1.82, 2.24) is 24.8 Å². The zero-order valence-corrected chi connectivity index (χ0v) is 34.1. The summed E-state index contributed by atoms with van der Waals surface area (Å²) in [7, 11) is 0. The molecular formula is C45H65N11O7. The molecule has 4 aromatic rings. The van der Waals surface area contributed by atoms with E-state index in [1.54, 1.807) is 23.1 Å². The second-order valence-corrected chi connectivity index (χ2v) is 15.0. The first-order chi connectivity index (χ1) is 29.0. The van der Waals surface area contributed by atoms with Crippen LogP contribution in [0.3, 0.4) is 0 Å². The van der Waals surface area contributed by atoms with Gasteiger partial charge in [-0.15, -0.1) is 0 Å². The zero-order valence-electron chi connectivity index (χ0n) is 34.1. The van der Waals surface area contributed by atoms with Crippen LogP contribution in [-0.2, 0) is 34.0 Å². The molecule has 3 aliphatic rings. The van der Waals surface area contributed by atoms with Gasteiger partial charge in [0.1, 0.15) is 17.7 Å². The molecule has 7 N–H and O–H groups in total. The molecule has 18 heteroatoms. The Kier molecular flexibility index (Phi) is 19.5. The maximum Gasteiger partial charge on any atom is 0.320 e. The maximum atomic E-state index is 12.3. The minimum Gasteiger partial charge on any atom is -0.481 e. The number of nitrogen functional groups attached to an aromatic ring is 2. The van der Waals surface area contributed by atoms with Crippen molar-refractivity contribution in [3.63, 3.8) is 0 Å². The van der Waals surface area contributed by atoms with Gasteiger partial charge in [0, 0.05) is 25.2 Å². The van der Waals surface area contributed by atoms with Gasteiger partial charge in [0.15, 0.2) is 23.3 Å². The molecule has 342 valence electrons. The molecule has 0 saturated carbocycles. The Bertz CT molecular complexity index is 2160. The third kappa shape index (κ3) is 13.7. The van der Waals surface area contributed by atoms with Gasteiger partial charge in [-0.25, -0.2) is 0 Å². The highest BCUT2D eigenvalue weighted by atomic mass is 16.5. The molecule has 3 aliphatic heterocycles. The smallest absolute Gasteiger partial charge is 0.320 e. The largest absolute Gasteiger partial charge is 0.481 e. The fourth-order valence-electron chi connectivity index (χ4n) is 7.08. The van der Waals surface area contributed by atoms with E-state index >= 15 is 0 Å². The molecule has 5 heterocycles. The van der Waals surface area contributed by atoms with Crippen LogP contribution in [0.5, 0.6) is 12.0 Å². The average Bonchev–Trinajstić information content (AvgIpc) is 3.22. The topological polar surface area (TPSA) is 244 Å². The van der Waals surface area contributed by atoms with Crippen molar-refractivity contribution >= 4 is 58.7 Å². The quantitative estimate of drug-likeness (QED) is 0.0603. The number of ether oxygens (including phenoxy) is 2. The molecule has 0 bridgehead atoms. The number of aldehydes is 1. The molecule has 0 spiro atoms. The summed E-state index contributed by atoms with van der Waals surface area (Å²) in [6, 6.07) is 15.8. The van der Waals surface area contributed by atoms with Crippen molar-refractivity contribution in [2.45, 2.75) is 94.3 Å². The number of amides is 2.